The van der Waals surface area contributed by atoms with Crippen LogP contribution in [0.5, 0.6) is 0 Å². The van der Waals surface area contributed by atoms with Crippen molar-refractivity contribution in [1.82, 2.24) is 0 Å². The number of benzene rings is 1. The molecule has 17 heavy (non-hydrogen) atoms. The smallest absolute Gasteiger partial charge is 0.193 e. The standard InChI is InChI=1S/C14H14Cl2O/c1-9-3-4-11(7-10(9)2)8-12(15)13-5-6-14(16)17-13/h3-7,12H,8H2,1-2H3. The molecule has 0 saturated heterocycles. The van der Waals surface area contributed by atoms with Gasteiger partial charge in [-0.3, -0.25) is 0 Å². The highest BCUT2D eigenvalue weighted by Crippen LogP contribution is 2.28. The first-order valence-corrected chi connectivity index (χ1v) is 6.33. The van der Waals surface area contributed by atoms with E-state index in [-0.39, 0.29) is 5.38 Å². The summed E-state index contributed by atoms with van der Waals surface area (Å²) in [7, 11) is 0. The topological polar surface area (TPSA) is 13.1 Å². The molecule has 0 spiro atoms. The van der Waals surface area contributed by atoms with E-state index in [0.29, 0.717) is 5.22 Å². The molecule has 0 aliphatic heterocycles. The Bertz CT molecular complexity index is 517. The van der Waals surface area contributed by atoms with Gasteiger partial charge < -0.3 is 4.42 Å². The van der Waals surface area contributed by atoms with E-state index < -0.39 is 0 Å². The van der Waals surface area contributed by atoms with Gasteiger partial charge in [-0.25, -0.2) is 0 Å². The van der Waals surface area contributed by atoms with Crippen molar-refractivity contribution in [2.75, 3.05) is 0 Å². The van der Waals surface area contributed by atoms with Crippen molar-refractivity contribution in [2.24, 2.45) is 0 Å². The highest BCUT2D eigenvalue weighted by molar-refractivity contribution is 6.29. The lowest BCUT2D eigenvalue weighted by Crippen LogP contribution is -1.95. The molecule has 0 amide bonds. The first kappa shape index (κ1) is 12.5. The van der Waals surface area contributed by atoms with Crippen LogP contribution >= 0.6 is 23.2 Å². The van der Waals surface area contributed by atoms with E-state index in [0.717, 1.165) is 12.2 Å². The number of halogens is 2. The molecule has 1 aromatic heterocycles. The molecule has 0 N–H and O–H groups in total. The Labute approximate surface area is 111 Å². The van der Waals surface area contributed by atoms with E-state index in [1.807, 2.05) is 6.07 Å². The number of alkyl halides is 1. The molecule has 0 fully saturated rings. The van der Waals surface area contributed by atoms with Gasteiger partial charge in [0.1, 0.15) is 5.76 Å². The van der Waals surface area contributed by atoms with Crippen LogP contribution in [0.4, 0.5) is 0 Å². The molecule has 0 saturated carbocycles. The number of hydrogen-bond donors (Lipinski definition) is 0. The summed E-state index contributed by atoms with van der Waals surface area (Å²) in [6.45, 7) is 4.20. The molecule has 0 aliphatic rings. The molecule has 1 nitrogen and oxygen atoms in total. The molecule has 2 rings (SSSR count). The van der Waals surface area contributed by atoms with Crippen molar-refractivity contribution in [3.63, 3.8) is 0 Å². The third kappa shape index (κ3) is 3.05. The van der Waals surface area contributed by atoms with E-state index in [2.05, 4.69) is 32.0 Å². The monoisotopic (exact) mass is 268 g/mol. The normalized spacial score (nSPS) is 12.7. The van der Waals surface area contributed by atoms with Crippen LogP contribution in [-0.4, -0.2) is 0 Å². The van der Waals surface area contributed by atoms with Crippen LogP contribution in [0, 0.1) is 13.8 Å². The van der Waals surface area contributed by atoms with Crippen LogP contribution in [0.3, 0.4) is 0 Å². The van der Waals surface area contributed by atoms with Gasteiger partial charge in [0, 0.05) is 0 Å². The maximum absolute atomic E-state index is 6.29. The van der Waals surface area contributed by atoms with Gasteiger partial charge in [-0.1, -0.05) is 18.2 Å². The third-order valence-corrected chi connectivity index (χ3v) is 3.46. The van der Waals surface area contributed by atoms with Crippen molar-refractivity contribution >= 4 is 23.2 Å². The minimum absolute atomic E-state index is 0.176. The molecule has 0 radical (unpaired) electrons. The molecule has 3 heteroatoms. The summed E-state index contributed by atoms with van der Waals surface area (Å²) in [4.78, 5) is 0. The predicted molar refractivity (Wildman–Crippen MR) is 71.9 cm³/mol. The maximum Gasteiger partial charge on any atom is 0.193 e. The van der Waals surface area contributed by atoms with Crippen molar-refractivity contribution in [1.29, 1.82) is 0 Å². The van der Waals surface area contributed by atoms with Crippen molar-refractivity contribution in [3.05, 3.63) is 58.0 Å². The zero-order valence-corrected chi connectivity index (χ0v) is 11.3. The SMILES string of the molecule is Cc1ccc(CC(Cl)c2ccc(Cl)o2)cc1C. The van der Waals surface area contributed by atoms with Gasteiger partial charge in [-0.15, -0.1) is 11.6 Å². The lowest BCUT2D eigenvalue weighted by atomic mass is 10.0. The Balaban J connectivity index is 2.12. The Morgan fingerprint density at radius 3 is 2.47 bits per heavy atom. The van der Waals surface area contributed by atoms with Crippen molar-refractivity contribution < 1.29 is 4.42 Å². The largest absolute Gasteiger partial charge is 0.448 e. The summed E-state index contributed by atoms with van der Waals surface area (Å²) in [5.41, 5.74) is 3.78. The molecule has 1 atom stereocenters. The molecular weight excluding hydrogens is 255 g/mol. The van der Waals surface area contributed by atoms with Gasteiger partial charge in [0.05, 0.1) is 5.38 Å². The van der Waals surface area contributed by atoms with Gasteiger partial charge in [-0.05, 0) is 60.7 Å². The highest BCUT2D eigenvalue weighted by atomic mass is 35.5. The van der Waals surface area contributed by atoms with E-state index in [1.165, 1.54) is 16.7 Å². The summed E-state index contributed by atoms with van der Waals surface area (Å²) in [5.74, 6) is 0.717. The summed E-state index contributed by atoms with van der Waals surface area (Å²) in [6, 6.07) is 9.91. The lowest BCUT2D eigenvalue weighted by Gasteiger charge is -2.08. The Morgan fingerprint density at radius 1 is 1.12 bits per heavy atom. The number of hydrogen-bond acceptors (Lipinski definition) is 1. The Morgan fingerprint density at radius 2 is 1.88 bits per heavy atom. The predicted octanol–water partition coefficient (Wildman–Crippen LogP) is 5.07. The second-order valence-electron chi connectivity index (χ2n) is 4.23. The first-order valence-electron chi connectivity index (χ1n) is 5.51. The average molecular weight is 269 g/mol. The number of furan rings is 1. The number of aryl methyl sites for hydroxylation is 2. The van der Waals surface area contributed by atoms with E-state index in [1.54, 1.807) is 6.07 Å². The minimum atomic E-state index is -0.176. The van der Waals surface area contributed by atoms with Crippen molar-refractivity contribution in [2.45, 2.75) is 25.6 Å². The molecule has 90 valence electrons. The zero-order chi connectivity index (χ0) is 12.4. The quantitative estimate of drug-likeness (QED) is 0.709. The van der Waals surface area contributed by atoms with Crippen LogP contribution in [0.1, 0.15) is 27.8 Å². The van der Waals surface area contributed by atoms with Crippen LogP contribution in [0.2, 0.25) is 5.22 Å². The fraction of sp³-hybridized carbons (Fsp3) is 0.286. The van der Waals surface area contributed by atoms with Gasteiger partial charge in [0.15, 0.2) is 5.22 Å². The van der Waals surface area contributed by atoms with Gasteiger partial charge in [0.2, 0.25) is 0 Å². The fourth-order valence-corrected chi connectivity index (χ4v) is 2.18. The minimum Gasteiger partial charge on any atom is -0.448 e. The number of rotatable bonds is 3. The zero-order valence-electron chi connectivity index (χ0n) is 9.84. The molecule has 1 aromatic carbocycles. The van der Waals surface area contributed by atoms with E-state index in [9.17, 15) is 0 Å². The summed E-state index contributed by atoms with van der Waals surface area (Å²) >= 11 is 12.0. The van der Waals surface area contributed by atoms with E-state index >= 15 is 0 Å². The lowest BCUT2D eigenvalue weighted by molar-refractivity contribution is 0.504. The molecule has 1 heterocycles. The van der Waals surface area contributed by atoms with Crippen LogP contribution in [0.15, 0.2) is 34.7 Å². The fourth-order valence-electron chi connectivity index (χ4n) is 1.73. The van der Waals surface area contributed by atoms with Gasteiger partial charge in [0.25, 0.3) is 0 Å². The summed E-state index contributed by atoms with van der Waals surface area (Å²) in [6.07, 6.45) is 0.743. The van der Waals surface area contributed by atoms with E-state index in [4.69, 9.17) is 27.6 Å². The van der Waals surface area contributed by atoms with Gasteiger partial charge in [-0.2, -0.15) is 0 Å². The average Bonchev–Trinajstić information content (AvgIpc) is 2.70. The molecule has 2 aromatic rings. The van der Waals surface area contributed by atoms with Crippen molar-refractivity contribution in [3.8, 4) is 0 Å². The molecule has 0 aliphatic carbocycles. The molecule has 1 unspecified atom stereocenters. The molecule has 0 bridgehead atoms. The third-order valence-electron chi connectivity index (χ3n) is 2.89. The second kappa shape index (κ2) is 5.16. The van der Waals surface area contributed by atoms with Crippen LogP contribution in [-0.2, 0) is 6.42 Å². The maximum atomic E-state index is 6.29. The first-order chi connectivity index (χ1) is 8.06. The highest BCUT2D eigenvalue weighted by Gasteiger charge is 2.13. The second-order valence-corrected chi connectivity index (χ2v) is 5.13. The van der Waals surface area contributed by atoms with Crippen LogP contribution in [0.25, 0.3) is 0 Å². The molecular formula is C14H14Cl2O. The Kier molecular flexibility index (Phi) is 3.80. The Hall–Kier alpha value is -0.920. The van der Waals surface area contributed by atoms with Crippen LogP contribution < -0.4 is 0 Å². The summed E-state index contributed by atoms with van der Waals surface area (Å²) in [5, 5.41) is 0.204. The van der Waals surface area contributed by atoms with Gasteiger partial charge >= 0.3 is 0 Å². The summed E-state index contributed by atoms with van der Waals surface area (Å²) < 4.78 is 5.30.